The Morgan fingerprint density at radius 2 is 2.04 bits per heavy atom. The smallest absolute Gasteiger partial charge is 0.183 e. The number of hydrogen-bond donors (Lipinski definition) is 1. The number of rotatable bonds is 5. The maximum atomic E-state index is 13.7. The molecule has 0 atom stereocenters. The van der Waals surface area contributed by atoms with Gasteiger partial charge in [-0.3, -0.25) is 4.98 Å². The third kappa shape index (κ3) is 3.40. The first kappa shape index (κ1) is 15.6. The van der Waals surface area contributed by atoms with E-state index in [1.54, 1.807) is 29.7 Å². The van der Waals surface area contributed by atoms with Gasteiger partial charge in [0.2, 0.25) is 0 Å². The lowest BCUT2D eigenvalue weighted by atomic mass is 10.0. The largest absolute Gasteiger partial charge is 0.362 e. The molecule has 2 aromatic heterocycles. The van der Waals surface area contributed by atoms with E-state index in [1.165, 1.54) is 6.07 Å². The Morgan fingerprint density at radius 1 is 1.17 bits per heavy atom. The zero-order valence-corrected chi connectivity index (χ0v) is 14.0. The number of hydrogen-bond acceptors (Lipinski definition) is 4. The number of aromatic nitrogens is 2. The number of thiazole rings is 1. The second kappa shape index (κ2) is 6.87. The van der Waals surface area contributed by atoms with Crippen molar-refractivity contribution in [1.82, 2.24) is 9.97 Å². The standard InChI is InChI=1S/C18H18FN3S/c1-3-8-21-18-22-11-16(23-18)14-5-4-9-20-17(14)15-10-13(19)7-6-12(15)2/h4-7,9-11H,3,8H2,1-2H3,(H,21,22). The SMILES string of the molecule is CCCNc1ncc(-c2cccnc2-c2cc(F)ccc2C)s1. The van der Waals surface area contributed by atoms with E-state index in [2.05, 4.69) is 22.2 Å². The molecule has 3 rings (SSSR count). The minimum absolute atomic E-state index is 0.253. The molecule has 5 heteroatoms. The van der Waals surface area contributed by atoms with Gasteiger partial charge >= 0.3 is 0 Å². The Hall–Kier alpha value is -2.27. The summed E-state index contributed by atoms with van der Waals surface area (Å²) >= 11 is 1.59. The van der Waals surface area contributed by atoms with Crippen LogP contribution >= 0.6 is 11.3 Å². The van der Waals surface area contributed by atoms with Gasteiger partial charge in [0.15, 0.2) is 5.13 Å². The number of anilines is 1. The van der Waals surface area contributed by atoms with Gasteiger partial charge in [0.25, 0.3) is 0 Å². The molecule has 118 valence electrons. The molecule has 0 aliphatic heterocycles. The van der Waals surface area contributed by atoms with Crippen LogP contribution in [0.3, 0.4) is 0 Å². The van der Waals surface area contributed by atoms with E-state index in [0.29, 0.717) is 0 Å². The minimum Gasteiger partial charge on any atom is -0.362 e. The van der Waals surface area contributed by atoms with Crippen LogP contribution in [0.4, 0.5) is 9.52 Å². The summed E-state index contributed by atoms with van der Waals surface area (Å²) in [4.78, 5) is 9.92. The molecule has 23 heavy (non-hydrogen) atoms. The molecule has 0 bridgehead atoms. The molecule has 0 saturated heterocycles. The number of nitrogens with one attached hydrogen (secondary N) is 1. The van der Waals surface area contributed by atoms with Crippen molar-refractivity contribution in [1.29, 1.82) is 0 Å². The van der Waals surface area contributed by atoms with Gasteiger partial charge in [-0.25, -0.2) is 9.37 Å². The molecule has 0 aliphatic carbocycles. The quantitative estimate of drug-likeness (QED) is 0.705. The van der Waals surface area contributed by atoms with E-state index in [1.807, 2.05) is 25.3 Å². The topological polar surface area (TPSA) is 37.8 Å². The molecular weight excluding hydrogens is 309 g/mol. The number of pyridine rings is 1. The summed E-state index contributed by atoms with van der Waals surface area (Å²) in [6, 6.07) is 8.69. The van der Waals surface area contributed by atoms with Gasteiger partial charge < -0.3 is 5.32 Å². The lowest BCUT2D eigenvalue weighted by Gasteiger charge is -2.09. The second-order valence-electron chi connectivity index (χ2n) is 5.32. The maximum absolute atomic E-state index is 13.7. The molecule has 2 heterocycles. The highest BCUT2D eigenvalue weighted by Gasteiger charge is 2.14. The lowest BCUT2D eigenvalue weighted by Crippen LogP contribution is -1.97. The third-order valence-corrected chi connectivity index (χ3v) is 4.55. The average Bonchev–Trinajstić information content (AvgIpc) is 3.04. The normalized spacial score (nSPS) is 10.7. The van der Waals surface area contributed by atoms with Gasteiger partial charge in [0, 0.05) is 30.1 Å². The fourth-order valence-electron chi connectivity index (χ4n) is 2.38. The van der Waals surface area contributed by atoms with E-state index < -0.39 is 0 Å². The van der Waals surface area contributed by atoms with Gasteiger partial charge in [-0.2, -0.15) is 0 Å². The summed E-state index contributed by atoms with van der Waals surface area (Å²) < 4.78 is 13.7. The molecule has 0 aliphatic rings. The highest BCUT2D eigenvalue weighted by Crippen LogP contribution is 2.36. The van der Waals surface area contributed by atoms with Crippen LogP contribution in [0.1, 0.15) is 18.9 Å². The summed E-state index contributed by atoms with van der Waals surface area (Å²) in [5, 5.41) is 4.19. The van der Waals surface area contributed by atoms with E-state index in [-0.39, 0.29) is 5.82 Å². The lowest BCUT2D eigenvalue weighted by molar-refractivity contribution is 0.628. The Kier molecular flexibility index (Phi) is 4.67. The van der Waals surface area contributed by atoms with Crippen LogP contribution in [0.2, 0.25) is 0 Å². The van der Waals surface area contributed by atoms with Crippen LogP contribution in [-0.2, 0) is 0 Å². The summed E-state index contributed by atoms with van der Waals surface area (Å²) in [5.41, 5.74) is 3.58. The predicted molar refractivity (Wildman–Crippen MR) is 94.3 cm³/mol. The fourth-order valence-corrected chi connectivity index (χ4v) is 3.25. The van der Waals surface area contributed by atoms with Gasteiger partial charge in [-0.15, -0.1) is 0 Å². The van der Waals surface area contributed by atoms with Gasteiger partial charge in [0.1, 0.15) is 5.82 Å². The van der Waals surface area contributed by atoms with Crippen molar-refractivity contribution in [2.75, 3.05) is 11.9 Å². The van der Waals surface area contributed by atoms with Crippen molar-refractivity contribution >= 4 is 16.5 Å². The molecule has 3 nitrogen and oxygen atoms in total. The first-order chi connectivity index (χ1) is 11.2. The Bertz CT molecular complexity index is 814. The van der Waals surface area contributed by atoms with E-state index in [0.717, 1.165) is 45.4 Å². The second-order valence-corrected chi connectivity index (χ2v) is 6.35. The first-order valence-corrected chi connectivity index (χ1v) is 8.42. The molecule has 3 aromatic rings. The van der Waals surface area contributed by atoms with Crippen LogP contribution in [0.15, 0.2) is 42.7 Å². The van der Waals surface area contributed by atoms with E-state index in [9.17, 15) is 4.39 Å². The Balaban J connectivity index is 2.04. The number of benzene rings is 1. The van der Waals surface area contributed by atoms with Gasteiger partial charge in [-0.05, 0) is 43.2 Å². The highest BCUT2D eigenvalue weighted by molar-refractivity contribution is 7.18. The van der Waals surface area contributed by atoms with Crippen LogP contribution in [0, 0.1) is 12.7 Å². The van der Waals surface area contributed by atoms with E-state index in [4.69, 9.17) is 0 Å². The number of halogens is 1. The summed E-state index contributed by atoms with van der Waals surface area (Å²) in [5.74, 6) is -0.253. The molecule has 0 radical (unpaired) electrons. The molecule has 0 unspecified atom stereocenters. The zero-order chi connectivity index (χ0) is 16.2. The molecule has 0 amide bonds. The van der Waals surface area contributed by atoms with Crippen molar-refractivity contribution in [3.63, 3.8) is 0 Å². The average molecular weight is 327 g/mol. The minimum atomic E-state index is -0.253. The van der Waals surface area contributed by atoms with Crippen molar-refractivity contribution < 1.29 is 4.39 Å². The summed E-state index contributed by atoms with van der Waals surface area (Å²) in [7, 11) is 0. The third-order valence-electron chi connectivity index (χ3n) is 3.56. The summed E-state index contributed by atoms with van der Waals surface area (Å²) in [6.07, 6.45) is 4.63. The first-order valence-electron chi connectivity index (χ1n) is 7.60. The zero-order valence-electron chi connectivity index (χ0n) is 13.1. The van der Waals surface area contributed by atoms with Crippen LogP contribution in [0.25, 0.3) is 21.7 Å². The van der Waals surface area contributed by atoms with Crippen molar-refractivity contribution in [2.45, 2.75) is 20.3 Å². The monoisotopic (exact) mass is 327 g/mol. The van der Waals surface area contributed by atoms with Gasteiger partial charge in [0.05, 0.1) is 10.6 Å². The summed E-state index contributed by atoms with van der Waals surface area (Å²) in [6.45, 7) is 4.98. The van der Waals surface area contributed by atoms with E-state index >= 15 is 0 Å². The van der Waals surface area contributed by atoms with Crippen molar-refractivity contribution in [3.05, 3.63) is 54.1 Å². The van der Waals surface area contributed by atoms with Gasteiger partial charge in [-0.1, -0.05) is 24.3 Å². The fraction of sp³-hybridized carbons (Fsp3) is 0.222. The van der Waals surface area contributed by atoms with Crippen molar-refractivity contribution in [3.8, 4) is 21.7 Å². The molecule has 0 spiro atoms. The van der Waals surface area contributed by atoms with Crippen LogP contribution < -0.4 is 5.32 Å². The molecule has 1 N–H and O–H groups in total. The van der Waals surface area contributed by atoms with Crippen LogP contribution in [-0.4, -0.2) is 16.5 Å². The maximum Gasteiger partial charge on any atom is 0.183 e. The number of aryl methyl sites for hydroxylation is 1. The molecular formula is C18H18FN3S. The Labute approximate surface area is 139 Å². The Morgan fingerprint density at radius 3 is 2.87 bits per heavy atom. The van der Waals surface area contributed by atoms with Crippen LogP contribution in [0.5, 0.6) is 0 Å². The highest BCUT2D eigenvalue weighted by atomic mass is 32.1. The predicted octanol–water partition coefficient (Wildman–Crippen LogP) is 5.14. The molecule has 0 saturated carbocycles. The molecule has 1 aromatic carbocycles. The molecule has 0 fully saturated rings. The number of nitrogens with zero attached hydrogens (tertiary/aromatic N) is 2. The van der Waals surface area contributed by atoms with Crippen molar-refractivity contribution in [2.24, 2.45) is 0 Å².